The van der Waals surface area contributed by atoms with Gasteiger partial charge in [-0.1, -0.05) is 0 Å². The fourth-order valence-corrected chi connectivity index (χ4v) is 2.52. The van der Waals surface area contributed by atoms with Crippen LogP contribution in [0, 0.1) is 5.92 Å². The van der Waals surface area contributed by atoms with E-state index in [4.69, 9.17) is 10.8 Å². The smallest absolute Gasteiger partial charge is 0.230 e. The molecule has 4 N–H and O–H groups in total. The second kappa shape index (κ2) is 6.11. The maximum absolute atomic E-state index is 11.7. The second-order valence-electron chi connectivity index (χ2n) is 4.53. The summed E-state index contributed by atoms with van der Waals surface area (Å²) in [5.41, 5.74) is 5.64. The van der Waals surface area contributed by atoms with Gasteiger partial charge in [-0.25, -0.2) is 0 Å². The van der Waals surface area contributed by atoms with Crippen molar-refractivity contribution in [3.05, 3.63) is 24.3 Å². The number of phenols is 1. The van der Waals surface area contributed by atoms with E-state index in [9.17, 15) is 4.79 Å². The van der Waals surface area contributed by atoms with Gasteiger partial charge in [0.15, 0.2) is 0 Å². The molecule has 1 fully saturated rings. The third-order valence-electron chi connectivity index (χ3n) is 3.00. The number of aromatic hydroxyl groups is 1. The van der Waals surface area contributed by atoms with Crippen LogP contribution in [0.5, 0.6) is 5.75 Å². The van der Waals surface area contributed by atoms with Gasteiger partial charge in [-0.15, -0.1) is 11.8 Å². The quantitative estimate of drug-likeness (QED) is 0.679. The van der Waals surface area contributed by atoms with Crippen LogP contribution in [0.2, 0.25) is 0 Å². The number of carbonyl (C=O) groups excluding carboxylic acids is 1. The first-order valence-corrected chi connectivity index (χ1v) is 7.09. The number of carbonyl (C=O) groups is 1. The van der Waals surface area contributed by atoms with E-state index in [0.717, 1.165) is 4.90 Å². The summed E-state index contributed by atoms with van der Waals surface area (Å²) in [5, 5.41) is 12.1. The molecule has 0 aromatic heterocycles. The van der Waals surface area contributed by atoms with Gasteiger partial charge in [0.05, 0.1) is 5.75 Å². The monoisotopic (exact) mass is 266 g/mol. The number of thioether (sulfide) groups is 1. The van der Waals surface area contributed by atoms with E-state index in [1.165, 1.54) is 24.6 Å². The van der Waals surface area contributed by atoms with Gasteiger partial charge >= 0.3 is 0 Å². The summed E-state index contributed by atoms with van der Waals surface area (Å²) >= 11 is 1.46. The Morgan fingerprint density at radius 3 is 2.67 bits per heavy atom. The van der Waals surface area contributed by atoms with Gasteiger partial charge in [0, 0.05) is 17.5 Å². The van der Waals surface area contributed by atoms with Gasteiger partial charge in [0.1, 0.15) is 5.75 Å². The molecule has 4 nitrogen and oxygen atoms in total. The van der Waals surface area contributed by atoms with E-state index in [1.54, 1.807) is 24.3 Å². The van der Waals surface area contributed by atoms with Crippen molar-refractivity contribution in [2.45, 2.75) is 23.8 Å². The van der Waals surface area contributed by atoms with Gasteiger partial charge < -0.3 is 16.2 Å². The molecule has 1 aromatic carbocycles. The van der Waals surface area contributed by atoms with Crippen molar-refractivity contribution in [3.63, 3.8) is 0 Å². The van der Waals surface area contributed by atoms with Crippen LogP contribution < -0.4 is 11.1 Å². The molecule has 0 radical (unpaired) electrons. The summed E-state index contributed by atoms with van der Waals surface area (Å²) in [4.78, 5) is 12.7. The Hall–Kier alpha value is -1.20. The minimum atomic E-state index is 0.0235. The molecule has 98 valence electrons. The number of phenolic OH excluding ortho intramolecular Hbond substituents is 1. The Morgan fingerprint density at radius 1 is 1.44 bits per heavy atom. The molecule has 0 bridgehead atoms. The van der Waals surface area contributed by atoms with E-state index in [0.29, 0.717) is 18.2 Å². The lowest BCUT2D eigenvalue weighted by molar-refractivity contribution is -0.119. The molecule has 1 unspecified atom stereocenters. The van der Waals surface area contributed by atoms with Crippen LogP contribution in [-0.2, 0) is 4.79 Å². The molecule has 1 saturated carbocycles. The summed E-state index contributed by atoms with van der Waals surface area (Å²) in [5.74, 6) is 1.22. The summed E-state index contributed by atoms with van der Waals surface area (Å²) in [6, 6.07) is 6.97. The number of nitrogens with two attached hydrogens (primary N) is 1. The van der Waals surface area contributed by atoms with Crippen LogP contribution in [0.3, 0.4) is 0 Å². The number of amides is 1. The maximum Gasteiger partial charge on any atom is 0.230 e. The number of hydrogen-bond acceptors (Lipinski definition) is 4. The first-order valence-electron chi connectivity index (χ1n) is 6.10. The van der Waals surface area contributed by atoms with Crippen molar-refractivity contribution in [2.24, 2.45) is 11.7 Å². The molecular weight excluding hydrogens is 248 g/mol. The predicted octanol–water partition coefficient (Wildman–Crippen LogP) is 1.34. The van der Waals surface area contributed by atoms with Gasteiger partial charge in [-0.2, -0.15) is 0 Å². The third-order valence-corrected chi connectivity index (χ3v) is 4.01. The number of nitrogens with one attached hydrogen (secondary N) is 1. The SMILES string of the molecule is NCC(NC(=O)CSc1ccc(O)cc1)C1CC1. The fraction of sp³-hybridized carbons (Fsp3) is 0.462. The lowest BCUT2D eigenvalue weighted by Gasteiger charge is -2.15. The molecule has 0 saturated heterocycles. The van der Waals surface area contributed by atoms with Crippen LogP contribution in [-0.4, -0.2) is 29.4 Å². The van der Waals surface area contributed by atoms with Gasteiger partial charge in [0.2, 0.25) is 5.91 Å². The highest BCUT2D eigenvalue weighted by Crippen LogP contribution is 2.32. The highest BCUT2D eigenvalue weighted by Gasteiger charge is 2.31. The maximum atomic E-state index is 11.7. The molecule has 0 spiro atoms. The van der Waals surface area contributed by atoms with E-state index in [1.807, 2.05) is 0 Å². The van der Waals surface area contributed by atoms with Gasteiger partial charge in [-0.3, -0.25) is 4.79 Å². The standard InChI is InChI=1S/C13H18N2O2S/c14-7-12(9-1-2-9)15-13(17)8-18-11-5-3-10(16)4-6-11/h3-6,9,12,16H,1-2,7-8,14H2,(H,15,17). The first-order chi connectivity index (χ1) is 8.69. The van der Waals surface area contributed by atoms with E-state index in [-0.39, 0.29) is 17.7 Å². The summed E-state index contributed by atoms with van der Waals surface area (Å²) in [6.07, 6.45) is 2.35. The van der Waals surface area contributed by atoms with Crippen molar-refractivity contribution in [1.29, 1.82) is 0 Å². The molecular formula is C13H18N2O2S. The first kappa shape index (κ1) is 13.2. The summed E-state index contributed by atoms with van der Waals surface area (Å²) in [7, 11) is 0. The minimum absolute atomic E-state index is 0.0235. The van der Waals surface area contributed by atoms with Crippen LogP contribution in [0.1, 0.15) is 12.8 Å². The Kier molecular flexibility index (Phi) is 4.49. The predicted molar refractivity (Wildman–Crippen MR) is 72.5 cm³/mol. The molecule has 2 rings (SSSR count). The molecule has 1 aliphatic rings. The summed E-state index contributed by atoms with van der Waals surface area (Å²) in [6.45, 7) is 0.514. The van der Waals surface area contributed by atoms with E-state index in [2.05, 4.69) is 5.32 Å². The normalized spacial score (nSPS) is 16.3. The van der Waals surface area contributed by atoms with Crippen LogP contribution in [0.15, 0.2) is 29.2 Å². The average molecular weight is 266 g/mol. The largest absolute Gasteiger partial charge is 0.508 e. The van der Waals surface area contributed by atoms with Gasteiger partial charge in [0.25, 0.3) is 0 Å². The van der Waals surface area contributed by atoms with Crippen LogP contribution in [0.25, 0.3) is 0 Å². The lowest BCUT2D eigenvalue weighted by Crippen LogP contribution is -2.42. The van der Waals surface area contributed by atoms with E-state index < -0.39 is 0 Å². The van der Waals surface area contributed by atoms with Crippen molar-refractivity contribution in [1.82, 2.24) is 5.32 Å². The zero-order valence-corrected chi connectivity index (χ0v) is 11.0. The van der Waals surface area contributed by atoms with Crippen molar-refractivity contribution in [2.75, 3.05) is 12.3 Å². The molecule has 0 aliphatic heterocycles. The Balaban J connectivity index is 1.75. The fourth-order valence-electron chi connectivity index (χ4n) is 1.81. The topological polar surface area (TPSA) is 75.3 Å². The highest BCUT2D eigenvalue weighted by atomic mass is 32.2. The second-order valence-corrected chi connectivity index (χ2v) is 5.58. The van der Waals surface area contributed by atoms with Crippen molar-refractivity contribution in [3.8, 4) is 5.75 Å². The van der Waals surface area contributed by atoms with Crippen LogP contribution in [0.4, 0.5) is 0 Å². The Bertz CT molecular complexity index is 404. The zero-order chi connectivity index (χ0) is 13.0. The zero-order valence-electron chi connectivity index (χ0n) is 10.1. The minimum Gasteiger partial charge on any atom is -0.508 e. The number of hydrogen-bond donors (Lipinski definition) is 3. The van der Waals surface area contributed by atoms with Crippen LogP contribution >= 0.6 is 11.8 Å². The third kappa shape index (κ3) is 3.92. The number of benzene rings is 1. The molecule has 0 heterocycles. The van der Waals surface area contributed by atoms with Crippen molar-refractivity contribution < 1.29 is 9.90 Å². The average Bonchev–Trinajstić information content (AvgIpc) is 3.19. The molecule has 1 atom stereocenters. The van der Waals surface area contributed by atoms with E-state index >= 15 is 0 Å². The molecule has 18 heavy (non-hydrogen) atoms. The number of rotatable bonds is 6. The van der Waals surface area contributed by atoms with Crippen molar-refractivity contribution >= 4 is 17.7 Å². The summed E-state index contributed by atoms with van der Waals surface area (Å²) < 4.78 is 0. The Morgan fingerprint density at radius 2 is 2.11 bits per heavy atom. The lowest BCUT2D eigenvalue weighted by atomic mass is 10.2. The Labute approximate surface area is 111 Å². The molecule has 1 amide bonds. The molecule has 1 aromatic rings. The van der Waals surface area contributed by atoms with Gasteiger partial charge in [-0.05, 0) is 43.0 Å². The molecule has 1 aliphatic carbocycles. The molecule has 5 heteroatoms. The highest BCUT2D eigenvalue weighted by molar-refractivity contribution is 8.00.